The molecule has 0 atom stereocenters. The Balaban J connectivity index is 2.05. The number of hydrogen-bond acceptors (Lipinski definition) is 8. The normalized spacial score (nSPS) is 13.0. The van der Waals surface area contributed by atoms with E-state index in [-0.39, 0.29) is 37.2 Å². The van der Waals surface area contributed by atoms with Gasteiger partial charge < -0.3 is 9.47 Å². The molecule has 1 aliphatic heterocycles. The minimum atomic E-state index is -0.818. The Morgan fingerprint density at radius 1 is 1.31 bits per heavy atom. The molecule has 26 heavy (non-hydrogen) atoms. The first kappa shape index (κ1) is 17.4. The van der Waals surface area contributed by atoms with Gasteiger partial charge >= 0.3 is 5.97 Å². The molecule has 0 radical (unpaired) electrons. The van der Waals surface area contributed by atoms with Gasteiger partial charge in [0.2, 0.25) is 11.7 Å². The molecule has 10 heteroatoms. The van der Waals surface area contributed by atoms with Crippen LogP contribution in [0.25, 0.3) is 0 Å². The summed E-state index contributed by atoms with van der Waals surface area (Å²) in [5.74, 6) is 3.95. The monoisotopic (exact) mass is 359 g/mol. The molecule has 0 fully saturated rings. The number of aromatic nitrogens is 2. The Morgan fingerprint density at radius 2 is 2.04 bits per heavy atom. The number of fused-ring (bicyclic) bond motifs is 1. The van der Waals surface area contributed by atoms with Crippen molar-refractivity contribution < 1.29 is 19.1 Å². The smallest absolute Gasteiger partial charge is 0.361 e. The molecule has 0 spiro atoms. The van der Waals surface area contributed by atoms with E-state index >= 15 is 0 Å². The van der Waals surface area contributed by atoms with Crippen LogP contribution in [0.4, 0.5) is 5.95 Å². The van der Waals surface area contributed by atoms with Gasteiger partial charge in [-0.1, -0.05) is 30.3 Å². The molecule has 2 heterocycles. The molecular formula is C16H17N5O5. The lowest BCUT2D eigenvalue weighted by Crippen LogP contribution is -2.56. The van der Waals surface area contributed by atoms with E-state index in [1.54, 1.807) is 6.92 Å². The van der Waals surface area contributed by atoms with Gasteiger partial charge in [-0.15, -0.1) is 0 Å². The molecule has 0 saturated heterocycles. The highest BCUT2D eigenvalue weighted by Gasteiger charge is 2.30. The Hall–Kier alpha value is -3.40. The summed E-state index contributed by atoms with van der Waals surface area (Å²) < 4.78 is 11.5. The van der Waals surface area contributed by atoms with Gasteiger partial charge in [0.05, 0.1) is 6.61 Å². The zero-order valence-corrected chi connectivity index (χ0v) is 14.0. The predicted molar refractivity (Wildman–Crippen MR) is 90.0 cm³/mol. The molecule has 3 rings (SSSR count). The number of esters is 1. The zero-order valence-electron chi connectivity index (χ0n) is 14.0. The molecule has 1 aromatic carbocycles. The van der Waals surface area contributed by atoms with Crippen molar-refractivity contribution in [1.82, 2.24) is 15.0 Å². The average molecular weight is 359 g/mol. The number of nitrogens with zero attached hydrogens (tertiary/aromatic N) is 3. The third-order valence-corrected chi connectivity index (χ3v) is 3.56. The number of nitrogens with one attached hydrogen (secondary N) is 1. The van der Waals surface area contributed by atoms with Crippen LogP contribution in [-0.2, 0) is 22.7 Å². The van der Waals surface area contributed by atoms with Crippen LogP contribution in [0, 0.1) is 0 Å². The molecular weight excluding hydrogens is 342 g/mol. The van der Waals surface area contributed by atoms with Crippen molar-refractivity contribution in [3.8, 4) is 5.75 Å². The van der Waals surface area contributed by atoms with Crippen molar-refractivity contribution >= 4 is 17.8 Å². The van der Waals surface area contributed by atoms with E-state index in [4.69, 9.17) is 15.3 Å². The van der Waals surface area contributed by atoms with Crippen LogP contribution < -0.4 is 26.7 Å². The van der Waals surface area contributed by atoms with Crippen molar-refractivity contribution in [2.45, 2.75) is 20.1 Å². The first-order valence-electron chi connectivity index (χ1n) is 7.84. The molecule has 1 aromatic heterocycles. The van der Waals surface area contributed by atoms with Crippen LogP contribution in [0.1, 0.15) is 23.0 Å². The third kappa shape index (κ3) is 3.35. The van der Waals surface area contributed by atoms with Crippen molar-refractivity contribution in [3.63, 3.8) is 0 Å². The summed E-state index contributed by atoms with van der Waals surface area (Å²) in [6, 6.07) is 9.10. The summed E-state index contributed by atoms with van der Waals surface area (Å²) in [5, 5.41) is 0.775. The zero-order chi connectivity index (χ0) is 18.7. The number of nitrogens with two attached hydrogens (primary N) is 1. The number of carbonyl (C=O) groups excluding carboxylic acids is 2. The predicted octanol–water partition coefficient (Wildman–Crippen LogP) is -0.276. The highest BCUT2D eigenvalue weighted by Crippen LogP contribution is 2.19. The summed E-state index contributed by atoms with van der Waals surface area (Å²) in [6.07, 6.45) is 0. The molecule has 10 nitrogen and oxygen atoms in total. The van der Waals surface area contributed by atoms with Gasteiger partial charge in [0.25, 0.3) is 11.5 Å². The number of hydrazine groups is 2. The number of carbonyl (C=O) groups is 2. The number of anilines is 1. The van der Waals surface area contributed by atoms with Crippen LogP contribution in [0.15, 0.2) is 35.1 Å². The molecule has 1 amide bonds. The summed E-state index contributed by atoms with van der Waals surface area (Å²) >= 11 is 0. The fourth-order valence-electron chi connectivity index (χ4n) is 2.41. The van der Waals surface area contributed by atoms with Crippen LogP contribution >= 0.6 is 0 Å². The second kappa shape index (κ2) is 7.23. The van der Waals surface area contributed by atoms with Gasteiger partial charge in [-0.2, -0.15) is 5.12 Å². The molecule has 3 N–H and O–H groups in total. The Morgan fingerprint density at radius 3 is 2.73 bits per heavy atom. The lowest BCUT2D eigenvalue weighted by Gasteiger charge is -2.27. The second-order valence-electron chi connectivity index (χ2n) is 5.38. The van der Waals surface area contributed by atoms with Crippen molar-refractivity contribution in [1.29, 1.82) is 0 Å². The second-order valence-corrected chi connectivity index (χ2v) is 5.38. The minimum absolute atomic E-state index is 0.0437. The largest absolute Gasteiger partial charge is 0.481 e. The van der Waals surface area contributed by atoms with E-state index in [1.807, 2.05) is 30.3 Å². The van der Waals surface area contributed by atoms with E-state index in [0.717, 1.165) is 15.2 Å². The van der Waals surface area contributed by atoms with Crippen molar-refractivity contribution in [3.05, 3.63) is 51.9 Å². The maximum atomic E-state index is 12.8. The number of benzene rings is 1. The fraction of sp³-hybridized carbons (Fsp3) is 0.250. The summed E-state index contributed by atoms with van der Waals surface area (Å²) in [7, 11) is 0. The molecule has 0 bridgehead atoms. The molecule has 2 aromatic rings. The topological polar surface area (TPSA) is 129 Å². The first-order valence-corrected chi connectivity index (χ1v) is 7.84. The lowest BCUT2D eigenvalue weighted by molar-refractivity contribution is -0.122. The van der Waals surface area contributed by atoms with Gasteiger partial charge in [0, 0.05) is 0 Å². The maximum absolute atomic E-state index is 12.8. The summed E-state index contributed by atoms with van der Waals surface area (Å²) in [6.45, 7) is 1.48. The minimum Gasteiger partial charge on any atom is -0.481 e. The van der Waals surface area contributed by atoms with Gasteiger partial charge in [0.1, 0.15) is 13.2 Å². The van der Waals surface area contributed by atoms with E-state index in [2.05, 4.69) is 10.4 Å². The number of rotatable bonds is 5. The van der Waals surface area contributed by atoms with Crippen LogP contribution in [0.5, 0.6) is 5.75 Å². The molecule has 0 aliphatic carbocycles. The van der Waals surface area contributed by atoms with E-state index in [1.165, 1.54) is 0 Å². The molecule has 0 unspecified atom stereocenters. The van der Waals surface area contributed by atoms with Crippen LogP contribution in [0.3, 0.4) is 0 Å². The highest BCUT2D eigenvalue weighted by atomic mass is 16.5. The standard InChI is InChI=1S/C16H17N5O5/c1-2-25-15(24)12-13(26-9-10-6-4-3-5-7-10)14(23)20-8-11(22)19-21(17)16(20)18-12/h3-7H,2,8-9,17H2,1H3,(H,19,22). The van der Waals surface area contributed by atoms with Crippen LogP contribution in [0.2, 0.25) is 0 Å². The first-order chi connectivity index (χ1) is 12.5. The summed E-state index contributed by atoms with van der Waals surface area (Å²) in [5.41, 5.74) is 2.09. The Labute approximate surface area is 148 Å². The molecule has 1 aliphatic rings. The SMILES string of the molecule is CCOC(=O)c1nc2n(c(=O)c1OCc1ccccc1)CC(=O)NN2N. The van der Waals surface area contributed by atoms with Gasteiger partial charge in [-0.05, 0) is 12.5 Å². The number of ether oxygens (including phenoxy) is 2. The Kier molecular flexibility index (Phi) is 4.85. The molecule has 0 saturated carbocycles. The lowest BCUT2D eigenvalue weighted by atomic mass is 10.2. The van der Waals surface area contributed by atoms with Crippen LogP contribution in [-0.4, -0.2) is 28.0 Å². The maximum Gasteiger partial charge on any atom is 0.361 e. The quantitative estimate of drug-likeness (QED) is 0.551. The number of amides is 1. The van der Waals surface area contributed by atoms with Gasteiger partial charge in [-0.3, -0.25) is 14.2 Å². The third-order valence-electron chi connectivity index (χ3n) is 3.56. The summed E-state index contributed by atoms with van der Waals surface area (Å²) in [4.78, 5) is 40.7. The average Bonchev–Trinajstić information content (AvgIpc) is 2.62. The Bertz CT molecular complexity index is 896. The fourth-order valence-corrected chi connectivity index (χ4v) is 2.41. The van der Waals surface area contributed by atoms with E-state index < -0.39 is 17.4 Å². The number of hydrogen-bond donors (Lipinski definition) is 2. The van der Waals surface area contributed by atoms with Crippen molar-refractivity contribution in [2.75, 3.05) is 11.7 Å². The molecule has 136 valence electrons. The highest BCUT2D eigenvalue weighted by molar-refractivity contribution is 5.91. The van der Waals surface area contributed by atoms with Gasteiger partial charge in [-0.25, -0.2) is 21.0 Å². The van der Waals surface area contributed by atoms with Gasteiger partial charge in [0.15, 0.2) is 5.69 Å². The van der Waals surface area contributed by atoms with Crippen molar-refractivity contribution in [2.24, 2.45) is 5.84 Å². The van der Waals surface area contributed by atoms with E-state index in [0.29, 0.717) is 0 Å². The van der Waals surface area contributed by atoms with E-state index in [9.17, 15) is 14.4 Å².